The number of nitrogens with two attached hydrogens (primary N) is 1. The molecule has 148 valence electrons. The van der Waals surface area contributed by atoms with Gasteiger partial charge in [0, 0.05) is 6.20 Å². The SMILES string of the molecule is Nc1nc2c(c(N=Cc3nn4ccc(Cl)c4c(=O)n3-c3ccccc3)n1)C(=O)NC2. The first-order chi connectivity index (χ1) is 14.5. The number of hydrogen-bond acceptors (Lipinski definition) is 7. The minimum Gasteiger partial charge on any atom is -0.368 e. The number of carbonyl (C=O) groups excluding carboxylic acids is 1. The van der Waals surface area contributed by atoms with E-state index in [2.05, 4.69) is 25.4 Å². The van der Waals surface area contributed by atoms with Crippen LogP contribution in [0.1, 0.15) is 21.9 Å². The number of aromatic nitrogens is 5. The fourth-order valence-corrected chi connectivity index (χ4v) is 3.52. The van der Waals surface area contributed by atoms with Gasteiger partial charge in [-0.1, -0.05) is 29.8 Å². The molecular weight excluding hydrogens is 408 g/mol. The van der Waals surface area contributed by atoms with Gasteiger partial charge in [0.05, 0.1) is 29.2 Å². The highest BCUT2D eigenvalue weighted by Crippen LogP contribution is 2.24. The van der Waals surface area contributed by atoms with E-state index in [1.807, 2.05) is 6.07 Å². The zero-order valence-electron chi connectivity index (χ0n) is 15.3. The van der Waals surface area contributed by atoms with Crippen molar-refractivity contribution in [2.45, 2.75) is 6.54 Å². The minimum absolute atomic E-state index is 0.00143. The molecule has 0 unspecified atom stereocenters. The van der Waals surface area contributed by atoms with Gasteiger partial charge in [0.15, 0.2) is 11.6 Å². The summed E-state index contributed by atoms with van der Waals surface area (Å²) in [5.74, 6) is -0.0149. The molecule has 0 radical (unpaired) electrons. The summed E-state index contributed by atoms with van der Waals surface area (Å²) in [6, 6.07) is 10.6. The number of amides is 1. The van der Waals surface area contributed by atoms with Crippen LogP contribution in [0, 0.1) is 0 Å². The topological polar surface area (TPSA) is 133 Å². The molecule has 1 amide bonds. The zero-order chi connectivity index (χ0) is 20.8. The molecule has 11 heteroatoms. The van der Waals surface area contributed by atoms with Crippen LogP contribution >= 0.6 is 11.6 Å². The number of nitrogens with zero attached hydrogens (tertiary/aromatic N) is 6. The Bertz CT molecular complexity index is 1410. The van der Waals surface area contributed by atoms with E-state index in [-0.39, 0.29) is 46.7 Å². The summed E-state index contributed by atoms with van der Waals surface area (Å²) in [6.07, 6.45) is 2.94. The van der Waals surface area contributed by atoms with Crippen LogP contribution in [0.4, 0.5) is 11.8 Å². The van der Waals surface area contributed by atoms with Gasteiger partial charge in [-0.2, -0.15) is 4.98 Å². The first-order valence-corrected chi connectivity index (χ1v) is 9.24. The summed E-state index contributed by atoms with van der Waals surface area (Å²) in [5.41, 5.74) is 6.93. The number of halogens is 1. The van der Waals surface area contributed by atoms with E-state index in [4.69, 9.17) is 17.3 Å². The largest absolute Gasteiger partial charge is 0.368 e. The second-order valence-corrected chi connectivity index (χ2v) is 6.87. The lowest BCUT2D eigenvalue weighted by atomic mass is 10.2. The Balaban J connectivity index is 1.73. The molecule has 5 rings (SSSR count). The van der Waals surface area contributed by atoms with Crippen molar-refractivity contribution in [3.63, 3.8) is 0 Å². The smallest absolute Gasteiger partial charge is 0.284 e. The number of hydrogen-bond donors (Lipinski definition) is 2. The van der Waals surface area contributed by atoms with Crippen LogP contribution < -0.4 is 16.6 Å². The van der Waals surface area contributed by atoms with Crippen LogP contribution in [-0.2, 0) is 6.54 Å². The molecular formula is C19H13ClN8O2. The molecule has 1 aliphatic rings. The van der Waals surface area contributed by atoms with E-state index in [1.54, 1.807) is 36.5 Å². The van der Waals surface area contributed by atoms with Gasteiger partial charge in [-0.3, -0.25) is 14.2 Å². The second-order valence-electron chi connectivity index (χ2n) is 6.46. The van der Waals surface area contributed by atoms with E-state index in [1.165, 1.54) is 15.3 Å². The maximum absolute atomic E-state index is 13.2. The summed E-state index contributed by atoms with van der Waals surface area (Å²) in [6.45, 7) is 0.254. The maximum atomic E-state index is 13.2. The molecule has 10 nitrogen and oxygen atoms in total. The fraction of sp³-hybridized carbons (Fsp3) is 0.0526. The summed E-state index contributed by atoms with van der Waals surface area (Å²) in [4.78, 5) is 37.8. The van der Waals surface area contributed by atoms with E-state index >= 15 is 0 Å². The summed E-state index contributed by atoms with van der Waals surface area (Å²) in [7, 11) is 0. The Morgan fingerprint density at radius 3 is 2.77 bits per heavy atom. The van der Waals surface area contributed by atoms with Crippen LogP contribution in [0.3, 0.4) is 0 Å². The quantitative estimate of drug-likeness (QED) is 0.482. The third-order valence-corrected chi connectivity index (χ3v) is 4.91. The van der Waals surface area contributed by atoms with Crippen molar-refractivity contribution < 1.29 is 4.79 Å². The third-order valence-electron chi connectivity index (χ3n) is 4.60. The summed E-state index contributed by atoms with van der Waals surface area (Å²) in [5, 5.41) is 7.41. The lowest BCUT2D eigenvalue weighted by molar-refractivity contribution is 0.0966. The van der Waals surface area contributed by atoms with Crippen LogP contribution in [0.5, 0.6) is 0 Å². The number of rotatable bonds is 3. The molecule has 1 aromatic carbocycles. The van der Waals surface area contributed by atoms with Gasteiger partial charge in [-0.15, -0.1) is 5.10 Å². The highest BCUT2D eigenvalue weighted by Gasteiger charge is 2.26. The van der Waals surface area contributed by atoms with Crippen molar-refractivity contribution in [2.24, 2.45) is 4.99 Å². The van der Waals surface area contributed by atoms with Crippen molar-refractivity contribution in [3.05, 3.63) is 75.1 Å². The molecule has 0 bridgehead atoms. The van der Waals surface area contributed by atoms with Crippen molar-refractivity contribution in [3.8, 4) is 5.69 Å². The monoisotopic (exact) mass is 420 g/mol. The number of aliphatic imine (C=N–C) groups is 1. The molecule has 0 saturated carbocycles. The van der Waals surface area contributed by atoms with E-state index in [9.17, 15) is 9.59 Å². The molecule has 0 saturated heterocycles. The number of fused-ring (bicyclic) bond motifs is 2. The average molecular weight is 421 g/mol. The molecule has 3 N–H and O–H groups in total. The number of carbonyl (C=O) groups is 1. The van der Waals surface area contributed by atoms with Gasteiger partial charge in [0.2, 0.25) is 5.95 Å². The average Bonchev–Trinajstić information content (AvgIpc) is 3.29. The second kappa shape index (κ2) is 6.78. The zero-order valence-corrected chi connectivity index (χ0v) is 16.0. The van der Waals surface area contributed by atoms with Crippen molar-refractivity contribution >= 4 is 41.0 Å². The molecule has 1 aliphatic heterocycles. The van der Waals surface area contributed by atoms with Crippen LogP contribution in [0.2, 0.25) is 5.02 Å². The Hall–Kier alpha value is -4.05. The first kappa shape index (κ1) is 18.0. The lowest BCUT2D eigenvalue weighted by Gasteiger charge is -2.10. The summed E-state index contributed by atoms with van der Waals surface area (Å²) < 4.78 is 2.77. The standard InChI is InChI=1S/C19H13ClN8O2/c20-11-6-7-27-15(11)18(30)28(10-4-2-1-3-5-10)13(26-27)9-22-16-14-12(8-23-17(14)29)24-19(21)25-16/h1-7,9H,8H2,(H,23,29)(H2,21,24,25). The van der Waals surface area contributed by atoms with Crippen molar-refractivity contribution in [2.75, 3.05) is 5.73 Å². The predicted octanol–water partition coefficient (Wildman–Crippen LogP) is 1.50. The van der Waals surface area contributed by atoms with E-state index < -0.39 is 0 Å². The van der Waals surface area contributed by atoms with Gasteiger partial charge in [0.25, 0.3) is 11.5 Å². The van der Waals surface area contributed by atoms with Gasteiger partial charge >= 0.3 is 0 Å². The maximum Gasteiger partial charge on any atom is 0.284 e. The number of anilines is 1. The highest BCUT2D eigenvalue weighted by molar-refractivity contribution is 6.33. The predicted molar refractivity (Wildman–Crippen MR) is 111 cm³/mol. The Morgan fingerprint density at radius 2 is 1.97 bits per heavy atom. The van der Waals surface area contributed by atoms with Crippen LogP contribution in [-0.4, -0.2) is 36.3 Å². The van der Waals surface area contributed by atoms with Gasteiger partial charge in [0.1, 0.15) is 11.1 Å². The lowest BCUT2D eigenvalue weighted by Crippen LogP contribution is -2.26. The van der Waals surface area contributed by atoms with Crippen molar-refractivity contribution in [1.82, 2.24) is 29.5 Å². The Labute approximate surface area is 173 Å². The summed E-state index contributed by atoms with van der Waals surface area (Å²) >= 11 is 6.18. The molecule has 0 atom stereocenters. The number of nitrogens with one attached hydrogen (secondary N) is 1. The molecule has 3 aromatic heterocycles. The minimum atomic E-state index is -0.363. The Kier molecular flexibility index (Phi) is 4.07. The number of benzene rings is 1. The van der Waals surface area contributed by atoms with Gasteiger partial charge in [-0.05, 0) is 18.2 Å². The number of nitrogen functional groups attached to an aromatic ring is 1. The molecule has 0 fully saturated rings. The van der Waals surface area contributed by atoms with Crippen molar-refractivity contribution in [1.29, 1.82) is 0 Å². The van der Waals surface area contributed by atoms with E-state index in [0.717, 1.165) is 0 Å². The van der Waals surface area contributed by atoms with E-state index in [0.29, 0.717) is 16.4 Å². The molecule has 4 heterocycles. The van der Waals surface area contributed by atoms with Crippen LogP contribution in [0.15, 0.2) is 52.4 Å². The molecule has 30 heavy (non-hydrogen) atoms. The van der Waals surface area contributed by atoms with Crippen LogP contribution in [0.25, 0.3) is 11.2 Å². The number of para-hydroxylation sites is 1. The fourth-order valence-electron chi connectivity index (χ4n) is 3.30. The molecule has 0 aliphatic carbocycles. The molecule has 4 aromatic rings. The van der Waals surface area contributed by atoms with Gasteiger partial charge in [-0.25, -0.2) is 14.5 Å². The Morgan fingerprint density at radius 1 is 1.17 bits per heavy atom. The highest BCUT2D eigenvalue weighted by atomic mass is 35.5. The third kappa shape index (κ3) is 2.81. The normalized spacial score (nSPS) is 13.2. The molecule has 0 spiro atoms. The first-order valence-electron chi connectivity index (χ1n) is 8.87. The van der Waals surface area contributed by atoms with Gasteiger partial charge < -0.3 is 11.1 Å².